The van der Waals surface area contributed by atoms with Crippen molar-refractivity contribution in [1.29, 1.82) is 0 Å². The lowest BCUT2D eigenvalue weighted by molar-refractivity contribution is 0.604. The van der Waals surface area contributed by atoms with Crippen molar-refractivity contribution < 1.29 is 4.21 Å². The summed E-state index contributed by atoms with van der Waals surface area (Å²) in [7, 11) is 0. The molecular formula is C7H15OS2+. The Balaban J connectivity index is 2.70. The highest BCUT2D eigenvalue weighted by molar-refractivity contribution is 7.99. The lowest BCUT2D eigenvalue weighted by atomic mass is 10.4. The summed E-state index contributed by atoms with van der Waals surface area (Å²) in [4.78, 5) is 0. The third kappa shape index (κ3) is 8.37. The molecule has 0 rings (SSSR count). The highest BCUT2D eigenvalue weighted by atomic mass is 32.2. The van der Waals surface area contributed by atoms with Crippen LogP contribution in [0.5, 0.6) is 0 Å². The van der Waals surface area contributed by atoms with Gasteiger partial charge in [-0.05, 0) is 17.9 Å². The van der Waals surface area contributed by atoms with Gasteiger partial charge in [0, 0.05) is 10.6 Å². The fourth-order valence-electron chi connectivity index (χ4n) is 0.568. The van der Waals surface area contributed by atoms with Crippen molar-refractivity contribution in [3.8, 4) is 0 Å². The van der Waals surface area contributed by atoms with E-state index in [0.29, 0.717) is 11.7 Å². The zero-order chi connectivity index (χ0) is 7.66. The standard InChI is InChI=1S/C7H15OS2/c1-2-3-5-9-6-4-7-10-8/h2-7H2,1H3/q+1. The minimum atomic E-state index is 0.702. The van der Waals surface area contributed by atoms with Gasteiger partial charge >= 0.3 is 11.7 Å². The molecule has 0 bridgehead atoms. The normalized spacial score (nSPS) is 9.70. The Hall–Kier alpha value is 0.370. The summed E-state index contributed by atoms with van der Waals surface area (Å²) in [5.74, 6) is 3.20. The second kappa shape index (κ2) is 9.37. The van der Waals surface area contributed by atoms with Gasteiger partial charge in [0.1, 0.15) is 0 Å². The molecule has 0 saturated carbocycles. The van der Waals surface area contributed by atoms with Gasteiger partial charge in [-0.25, -0.2) is 0 Å². The molecule has 0 radical (unpaired) electrons. The van der Waals surface area contributed by atoms with Gasteiger partial charge in [0.25, 0.3) is 0 Å². The summed E-state index contributed by atoms with van der Waals surface area (Å²) in [6, 6.07) is 0. The van der Waals surface area contributed by atoms with E-state index < -0.39 is 0 Å². The van der Waals surface area contributed by atoms with E-state index >= 15 is 0 Å². The van der Waals surface area contributed by atoms with E-state index in [4.69, 9.17) is 0 Å². The van der Waals surface area contributed by atoms with Gasteiger partial charge in [-0.1, -0.05) is 13.3 Å². The first kappa shape index (κ1) is 10.4. The molecule has 0 spiro atoms. The van der Waals surface area contributed by atoms with Crippen LogP contribution in [-0.4, -0.2) is 17.3 Å². The average molecular weight is 179 g/mol. The van der Waals surface area contributed by atoms with Crippen molar-refractivity contribution in [3.63, 3.8) is 0 Å². The molecule has 0 amide bonds. The Morgan fingerprint density at radius 3 is 2.60 bits per heavy atom. The molecule has 0 atom stereocenters. The largest absolute Gasteiger partial charge is 0.458 e. The fraction of sp³-hybridized carbons (Fsp3) is 1.00. The topological polar surface area (TPSA) is 17.1 Å². The Bertz CT molecular complexity index is 76.0. The van der Waals surface area contributed by atoms with Gasteiger partial charge in [0.05, 0.1) is 0 Å². The van der Waals surface area contributed by atoms with Crippen LogP contribution in [0.2, 0.25) is 0 Å². The number of hydrogen-bond acceptors (Lipinski definition) is 2. The summed E-state index contributed by atoms with van der Waals surface area (Å²) in [6.07, 6.45) is 3.67. The zero-order valence-electron chi connectivity index (χ0n) is 6.47. The average Bonchev–Trinajstić information content (AvgIpc) is 1.97. The summed E-state index contributed by atoms with van der Waals surface area (Å²) in [5.41, 5.74) is 0. The number of unbranched alkanes of at least 4 members (excludes halogenated alkanes) is 1. The van der Waals surface area contributed by atoms with E-state index in [9.17, 15) is 4.21 Å². The molecule has 10 heavy (non-hydrogen) atoms. The lowest BCUT2D eigenvalue weighted by Crippen LogP contribution is -1.87. The Labute approximate surface area is 71.5 Å². The molecule has 1 nitrogen and oxygen atoms in total. The van der Waals surface area contributed by atoms with Crippen LogP contribution in [0.25, 0.3) is 0 Å². The Morgan fingerprint density at radius 2 is 2.00 bits per heavy atom. The molecule has 0 aliphatic carbocycles. The number of hydrogen-bond donors (Lipinski definition) is 0. The molecule has 3 heteroatoms. The van der Waals surface area contributed by atoms with E-state index in [1.165, 1.54) is 18.6 Å². The maximum atomic E-state index is 9.93. The van der Waals surface area contributed by atoms with E-state index in [2.05, 4.69) is 6.92 Å². The maximum absolute atomic E-state index is 9.93. The number of rotatable bonds is 7. The van der Waals surface area contributed by atoms with Crippen LogP contribution in [0.4, 0.5) is 0 Å². The SMILES string of the molecule is CCCCSCCC[S+]=O. The van der Waals surface area contributed by atoms with Gasteiger partial charge in [0.15, 0.2) is 0 Å². The van der Waals surface area contributed by atoms with E-state index in [0.717, 1.165) is 17.9 Å². The van der Waals surface area contributed by atoms with Crippen LogP contribution in [0.3, 0.4) is 0 Å². The molecule has 0 aliphatic heterocycles. The van der Waals surface area contributed by atoms with Crippen molar-refractivity contribution in [2.45, 2.75) is 26.2 Å². The second-order valence-corrected chi connectivity index (χ2v) is 4.01. The first-order valence-corrected chi connectivity index (χ1v) is 5.81. The quantitative estimate of drug-likeness (QED) is 0.441. The zero-order valence-corrected chi connectivity index (χ0v) is 8.10. The van der Waals surface area contributed by atoms with Crippen LogP contribution in [-0.2, 0) is 15.9 Å². The van der Waals surface area contributed by atoms with Gasteiger partial charge in [-0.15, -0.1) is 0 Å². The molecule has 0 unspecified atom stereocenters. The fourth-order valence-corrected chi connectivity index (χ4v) is 2.06. The first-order valence-electron chi connectivity index (χ1n) is 3.74. The van der Waals surface area contributed by atoms with Gasteiger partial charge in [-0.3, -0.25) is 0 Å². The molecule has 0 aromatic carbocycles. The van der Waals surface area contributed by atoms with Gasteiger partial charge in [-0.2, -0.15) is 11.8 Å². The molecule has 0 fully saturated rings. The molecule has 0 heterocycles. The van der Waals surface area contributed by atoms with Crippen LogP contribution < -0.4 is 0 Å². The van der Waals surface area contributed by atoms with Crippen molar-refractivity contribution in [2.75, 3.05) is 17.3 Å². The van der Waals surface area contributed by atoms with Crippen LogP contribution in [0.15, 0.2) is 0 Å². The molecule has 0 N–H and O–H groups in total. The highest BCUT2D eigenvalue weighted by Gasteiger charge is 1.96. The third-order valence-electron chi connectivity index (χ3n) is 1.16. The predicted molar refractivity (Wildman–Crippen MR) is 49.8 cm³/mol. The van der Waals surface area contributed by atoms with Gasteiger partial charge in [0.2, 0.25) is 5.75 Å². The maximum Gasteiger partial charge on any atom is 0.458 e. The van der Waals surface area contributed by atoms with E-state index in [1.54, 1.807) is 0 Å². The summed E-state index contributed by atoms with van der Waals surface area (Å²) in [5, 5.41) is 0. The summed E-state index contributed by atoms with van der Waals surface area (Å²) in [6.45, 7) is 2.20. The van der Waals surface area contributed by atoms with Crippen LogP contribution in [0.1, 0.15) is 26.2 Å². The van der Waals surface area contributed by atoms with Crippen LogP contribution >= 0.6 is 11.8 Å². The van der Waals surface area contributed by atoms with Crippen molar-refractivity contribution in [1.82, 2.24) is 0 Å². The Morgan fingerprint density at radius 1 is 1.30 bits per heavy atom. The predicted octanol–water partition coefficient (Wildman–Crippen LogP) is 2.34. The third-order valence-corrected chi connectivity index (χ3v) is 2.77. The second-order valence-electron chi connectivity index (χ2n) is 2.14. The summed E-state index contributed by atoms with van der Waals surface area (Å²) < 4.78 is 9.93. The molecule has 0 aliphatic rings. The monoisotopic (exact) mass is 179 g/mol. The highest BCUT2D eigenvalue weighted by Crippen LogP contribution is 2.05. The lowest BCUT2D eigenvalue weighted by Gasteiger charge is -1.94. The van der Waals surface area contributed by atoms with E-state index in [1.807, 2.05) is 11.8 Å². The molecule has 0 aromatic rings. The summed E-state index contributed by atoms with van der Waals surface area (Å²) >= 11 is 2.67. The molecule has 0 aromatic heterocycles. The van der Waals surface area contributed by atoms with Crippen molar-refractivity contribution in [3.05, 3.63) is 0 Å². The van der Waals surface area contributed by atoms with E-state index in [-0.39, 0.29) is 0 Å². The minimum absolute atomic E-state index is 0.702. The molecule has 60 valence electrons. The first-order chi connectivity index (χ1) is 4.91. The van der Waals surface area contributed by atoms with Gasteiger partial charge < -0.3 is 0 Å². The minimum Gasteiger partial charge on any atom is -0.162 e. The smallest absolute Gasteiger partial charge is 0.162 e. The van der Waals surface area contributed by atoms with Crippen molar-refractivity contribution >= 4 is 23.4 Å². The van der Waals surface area contributed by atoms with Crippen molar-refractivity contribution in [2.24, 2.45) is 0 Å². The Kier molecular flexibility index (Phi) is 9.72. The molecule has 0 saturated heterocycles. The number of thioether (sulfide) groups is 1. The molecular weight excluding hydrogens is 164 g/mol. The van der Waals surface area contributed by atoms with Crippen LogP contribution in [0, 0.1) is 0 Å².